The van der Waals surface area contributed by atoms with Gasteiger partial charge in [0.15, 0.2) is 22.5 Å². The normalized spacial score (nSPS) is 14.8. The van der Waals surface area contributed by atoms with Crippen molar-refractivity contribution in [2.24, 2.45) is 0 Å². The highest BCUT2D eigenvalue weighted by atomic mass is 32.2. The van der Waals surface area contributed by atoms with Crippen molar-refractivity contribution < 1.29 is 14.2 Å². The van der Waals surface area contributed by atoms with Gasteiger partial charge in [-0.3, -0.25) is 4.57 Å². The molecule has 0 unspecified atom stereocenters. The van der Waals surface area contributed by atoms with Gasteiger partial charge in [0.05, 0.1) is 21.3 Å². The first-order valence-corrected chi connectivity index (χ1v) is 10.2. The van der Waals surface area contributed by atoms with Gasteiger partial charge in [-0.15, -0.1) is 16.8 Å². The predicted molar refractivity (Wildman–Crippen MR) is 108 cm³/mol. The second-order valence-electron chi connectivity index (χ2n) is 6.48. The van der Waals surface area contributed by atoms with Gasteiger partial charge < -0.3 is 14.2 Å². The van der Waals surface area contributed by atoms with Crippen molar-refractivity contribution in [1.82, 2.24) is 14.8 Å². The van der Waals surface area contributed by atoms with Crippen LogP contribution in [0.1, 0.15) is 38.1 Å². The Morgan fingerprint density at radius 2 is 1.74 bits per heavy atom. The zero-order chi connectivity index (χ0) is 19.2. The minimum absolute atomic E-state index is 0.412. The first-order chi connectivity index (χ1) is 13.2. The number of rotatable bonds is 8. The van der Waals surface area contributed by atoms with E-state index in [0.29, 0.717) is 23.3 Å². The third kappa shape index (κ3) is 4.08. The molecule has 1 fully saturated rings. The van der Waals surface area contributed by atoms with E-state index in [2.05, 4.69) is 21.3 Å². The lowest BCUT2D eigenvalue weighted by Gasteiger charge is -2.25. The zero-order valence-electron chi connectivity index (χ0n) is 16.2. The molecule has 6 nitrogen and oxygen atoms in total. The molecule has 3 rings (SSSR count). The molecular weight excluding hydrogens is 362 g/mol. The fraction of sp³-hybridized carbons (Fsp3) is 0.500. The molecule has 0 atom stereocenters. The van der Waals surface area contributed by atoms with Gasteiger partial charge in [-0.05, 0) is 25.0 Å². The van der Waals surface area contributed by atoms with Crippen molar-refractivity contribution in [3.8, 4) is 28.6 Å². The molecule has 0 aliphatic heterocycles. The maximum atomic E-state index is 5.52. The van der Waals surface area contributed by atoms with E-state index in [1.807, 2.05) is 18.2 Å². The molecule has 1 saturated carbocycles. The topological polar surface area (TPSA) is 58.4 Å². The van der Waals surface area contributed by atoms with E-state index in [0.717, 1.165) is 35.1 Å². The lowest BCUT2D eigenvalue weighted by molar-refractivity contribution is 0.324. The van der Waals surface area contributed by atoms with Gasteiger partial charge in [-0.25, -0.2) is 0 Å². The Morgan fingerprint density at radius 3 is 2.30 bits per heavy atom. The number of aromatic nitrogens is 3. The molecule has 1 heterocycles. The van der Waals surface area contributed by atoms with Gasteiger partial charge in [-0.1, -0.05) is 37.1 Å². The van der Waals surface area contributed by atoms with Gasteiger partial charge in [0.25, 0.3) is 0 Å². The number of thioether (sulfide) groups is 1. The number of benzene rings is 1. The van der Waals surface area contributed by atoms with Crippen LogP contribution in [0, 0.1) is 0 Å². The SMILES string of the molecule is C=CCSc1nnc(-c2cc(OC)c(OC)c(OC)c2)n1C1CCCCC1. The number of hydrogen-bond donors (Lipinski definition) is 0. The van der Waals surface area contributed by atoms with Gasteiger partial charge in [0, 0.05) is 17.4 Å². The summed E-state index contributed by atoms with van der Waals surface area (Å²) in [6, 6.07) is 4.29. The largest absolute Gasteiger partial charge is 0.493 e. The number of methoxy groups -OCH3 is 3. The summed E-state index contributed by atoms with van der Waals surface area (Å²) in [6.07, 6.45) is 7.97. The van der Waals surface area contributed by atoms with E-state index in [4.69, 9.17) is 14.2 Å². The third-order valence-corrected chi connectivity index (χ3v) is 5.80. The molecule has 2 aromatic rings. The predicted octanol–water partition coefficient (Wildman–Crippen LogP) is 4.75. The first kappa shape index (κ1) is 19.6. The Kier molecular flexibility index (Phi) is 6.66. The molecule has 1 aliphatic rings. The molecule has 0 amide bonds. The van der Waals surface area contributed by atoms with Gasteiger partial charge in [-0.2, -0.15) is 0 Å². The van der Waals surface area contributed by atoms with Crippen LogP contribution in [0.4, 0.5) is 0 Å². The summed E-state index contributed by atoms with van der Waals surface area (Å²) >= 11 is 1.67. The highest BCUT2D eigenvalue weighted by Gasteiger charge is 2.25. The van der Waals surface area contributed by atoms with E-state index in [9.17, 15) is 0 Å². The van der Waals surface area contributed by atoms with Gasteiger partial charge >= 0.3 is 0 Å². The van der Waals surface area contributed by atoms with Crippen molar-refractivity contribution >= 4 is 11.8 Å². The Hall–Kier alpha value is -2.15. The summed E-state index contributed by atoms with van der Waals surface area (Å²) in [7, 11) is 4.85. The average Bonchev–Trinajstić information content (AvgIpc) is 3.15. The van der Waals surface area contributed by atoms with Crippen LogP contribution in [0.2, 0.25) is 0 Å². The molecule has 27 heavy (non-hydrogen) atoms. The molecule has 0 radical (unpaired) electrons. The van der Waals surface area contributed by atoms with Crippen molar-refractivity contribution in [1.29, 1.82) is 0 Å². The second kappa shape index (κ2) is 9.17. The summed E-state index contributed by atoms with van der Waals surface area (Å²) in [6.45, 7) is 3.82. The van der Waals surface area contributed by atoms with Crippen LogP contribution >= 0.6 is 11.8 Å². The van der Waals surface area contributed by atoms with Gasteiger partial charge in [0.2, 0.25) is 5.75 Å². The van der Waals surface area contributed by atoms with Crippen LogP contribution in [0.15, 0.2) is 29.9 Å². The highest BCUT2D eigenvalue weighted by molar-refractivity contribution is 7.99. The van der Waals surface area contributed by atoms with Crippen molar-refractivity contribution in [2.45, 2.75) is 43.3 Å². The summed E-state index contributed by atoms with van der Waals surface area (Å²) in [5.74, 6) is 3.46. The Labute approximate surface area is 164 Å². The fourth-order valence-corrected chi connectivity index (χ4v) is 4.32. The molecule has 0 saturated heterocycles. The number of hydrogen-bond acceptors (Lipinski definition) is 6. The fourth-order valence-electron chi connectivity index (χ4n) is 3.58. The summed E-state index contributed by atoms with van der Waals surface area (Å²) in [5.41, 5.74) is 0.910. The molecule has 1 aromatic carbocycles. The van der Waals surface area contributed by atoms with Crippen LogP contribution in [-0.2, 0) is 0 Å². The molecule has 1 aliphatic carbocycles. The van der Waals surface area contributed by atoms with E-state index in [1.54, 1.807) is 33.1 Å². The average molecular weight is 390 g/mol. The van der Waals surface area contributed by atoms with Crippen LogP contribution in [-0.4, -0.2) is 41.8 Å². The molecule has 0 spiro atoms. The molecule has 7 heteroatoms. The molecule has 0 bridgehead atoms. The summed E-state index contributed by atoms with van der Waals surface area (Å²) < 4.78 is 18.8. The van der Waals surface area contributed by atoms with Crippen LogP contribution in [0.5, 0.6) is 17.2 Å². The van der Waals surface area contributed by atoms with Crippen LogP contribution < -0.4 is 14.2 Å². The van der Waals surface area contributed by atoms with E-state index >= 15 is 0 Å². The van der Waals surface area contributed by atoms with Crippen LogP contribution in [0.25, 0.3) is 11.4 Å². The quantitative estimate of drug-likeness (QED) is 0.479. The van der Waals surface area contributed by atoms with E-state index in [-0.39, 0.29) is 0 Å². The van der Waals surface area contributed by atoms with E-state index in [1.165, 1.54) is 19.3 Å². The first-order valence-electron chi connectivity index (χ1n) is 9.22. The van der Waals surface area contributed by atoms with Crippen molar-refractivity contribution in [3.63, 3.8) is 0 Å². The molecule has 146 valence electrons. The standard InChI is InChI=1S/C20H27N3O3S/c1-5-11-27-20-22-21-19(23(20)15-9-7-6-8-10-15)14-12-16(24-2)18(26-4)17(13-14)25-3/h5,12-13,15H,1,6-11H2,2-4H3. The summed E-state index contributed by atoms with van der Waals surface area (Å²) in [5, 5.41) is 9.94. The van der Waals surface area contributed by atoms with Gasteiger partial charge in [0.1, 0.15) is 0 Å². The van der Waals surface area contributed by atoms with Crippen molar-refractivity contribution in [2.75, 3.05) is 27.1 Å². The van der Waals surface area contributed by atoms with Crippen molar-refractivity contribution in [3.05, 3.63) is 24.8 Å². The summed E-state index contributed by atoms with van der Waals surface area (Å²) in [4.78, 5) is 0. The Morgan fingerprint density at radius 1 is 1.07 bits per heavy atom. The minimum atomic E-state index is 0.412. The smallest absolute Gasteiger partial charge is 0.203 e. The number of ether oxygens (including phenoxy) is 3. The molecule has 0 N–H and O–H groups in total. The monoisotopic (exact) mass is 389 g/mol. The minimum Gasteiger partial charge on any atom is -0.493 e. The van der Waals surface area contributed by atoms with E-state index < -0.39 is 0 Å². The second-order valence-corrected chi connectivity index (χ2v) is 7.47. The highest BCUT2D eigenvalue weighted by Crippen LogP contribution is 2.42. The zero-order valence-corrected chi connectivity index (χ0v) is 17.1. The number of nitrogens with zero attached hydrogens (tertiary/aromatic N) is 3. The molecule has 1 aromatic heterocycles. The maximum absolute atomic E-state index is 5.52. The lowest BCUT2D eigenvalue weighted by atomic mass is 9.95. The maximum Gasteiger partial charge on any atom is 0.203 e. The Bertz CT molecular complexity index is 760. The van der Waals surface area contributed by atoms with Crippen LogP contribution in [0.3, 0.4) is 0 Å². The Balaban J connectivity index is 2.10. The third-order valence-electron chi connectivity index (χ3n) is 4.86. The lowest BCUT2D eigenvalue weighted by Crippen LogP contribution is -2.15. The molecular formula is C20H27N3O3S.